The van der Waals surface area contributed by atoms with Crippen LogP contribution in [0.2, 0.25) is 5.15 Å². The van der Waals surface area contributed by atoms with Gasteiger partial charge in [0.25, 0.3) is 0 Å². The van der Waals surface area contributed by atoms with E-state index in [0.717, 1.165) is 18.9 Å². The number of pyridine rings is 1. The molecule has 3 N–H and O–H groups in total. The Morgan fingerprint density at radius 1 is 1.24 bits per heavy atom. The summed E-state index contributed by atoms with van der Waals surface area (Å²) in [6.45, 7) is 3.43. The number of nitrogens with two attached hydrogens (primary N) is 1. The number of carbonyl (C=O) groups excluding carboxylic acids is 1. The highest BCUT2D eigenvalue weighted by Crippen LogP contribution is 2.14. The van der Waals surface area contributed by atoms with Gasteiger partial charge in [0.05, 0.1) is 0 Å². The van der Waals surface area contributed by atoms with Crippen LogP contribution in [0.3, 0.4) is 0 Å². The first-order chi connectivity index (χ1) is 12.1. The Balaban J connectivity index is 1.43. The summed E-state index contributed by atoms with van der Waals surface area (Å²) in [5.41, 5.74) is 5.54. The molecule has 25 heavy (non-hydrogen) atoms. The Morgan fingerprint density at radius 2 is 2.04 bits per heavy atom. The summed E-state index contributed by atoms with van der Waals surface area (Å²) in [5.74, 6) is 1.69. The zero-order valence-corrected chi connectivity index (χ0v) is 14.5. The van der Waals surface area contributed by atoms with Crippen molar-refractivity contribution >= 4 is 35.1 Å². The summed E-state index contributed by atoms with van der Waals surface area (Å²) < 4.78 is 0. The molecule has 1 amide bonds. The third-order valence-corrected chi connectivity index (χ3v) is 4.16. The second-order valence-corrected chi connectivity index (χ2v) is 6.05. The van der Waals surface area contributed by atoms with E-state index in [2.05, 4.69) is 25.2 Å². The van der Waals surface area contributed by atoms with Gasteiger partial charge in [-0.05, 0) is 12.1 Å². The Bertz CT molecular complexity index is 699. The van der Waals surface area contributed by atoms with Crippen LogP contribution in [-0.4, -0.2) is 58.5 Å². The van der Waals surface area contributed by atoms with E-state index in [9.17, 15) is 4.79 Å². The van der Waals surface area contributed by atoms with Crippen molar-refractivity contribution in [3.8, 4) is 0 Å². The normalized spacial score (nSPS) is 14.4. The number of aromatic nitrogens is 3. The summed E-state index contributed by atoms with van der Waals surface area (Å²) in [5, 5.41) is 3.32. The zero-order valence-electron chi connectivity index (χ0n) is 13.7. The Hall–Kier alpha value is -2.61. The molecule has 0 unspecified atom stereocenters. The van der Waals surface area contributed by atoms with Crippen molar-refractivity contribution < 1.29 is 4.79 Å². The van der Waals surface area contributed by atoms with Crippen molar-refractivity contribution in [1.29, 1.82) is 0 Å². The minimum Gasteiger partial charge on any atom is -0.369 e. The minimum absolute atomic E-state index is 0.104. The second-order valence-electron chi connectivity index (χ2n) is 5.67. The molecule has 8 nitrogen and oxygen atoms in total. The molecule has 1 saturated heterocycles. The molecule has 0 aliphatic carbocycles. The Labute approximate surface area is 151 Å². The van der Waals surface area contributed by atoms with Crippen LogP contribution >= 0.6 is 11.6 Å². The molecule has 0 bridgehead atoms. The SMILES string of the molecule is Nc1nc(Cl)cc(NCCC(=O)N2CCN(c3ccccn3)CC2)n1. The van der Waals surface area contributed by atoms with Crippen molar-refractivity contribution in [2.75, 3.05) is 48.7 Å². The standard InChI is InChI=1S/C16H20ClN7O/c17-12-11-13(22-16(18)21-12)19-6-4-15(25)24-9-7-23(8-10-24)14-3-1-2-5-20-14/h1-3,5,11H,4,6-10H2,(H3,18,19,21,22). The number of hydrogen-bond donors (Lipinski definition) is 2. The van der Waals surface area contributed by atoms with Crippen molar-refractivity contribution in [2.45, 2.75) is 6.42 Å². The van der Waals surface area contributed by atoms with Crippen molar-refractivity contribution in [2.24, 2.45) is 0 Å². The lowest BCUT2D eigenvalue weighted by molar-refractivity contribution is -0.131. The zero-order chi connectivity index (χ0) is 17.6. The van der Waals surface area contributed by atoms with Gasteiger partial charge in [-0.3, -0.25) is 4.79 Å². The predicted octanol–water partition coefficient (Wildman–Crippen LogP) is 1.26. The van der Waals surface area contributed by atoms with Crippen LogP contribution in [0.25, 0.3) is 0 Å². The van der Waals surface area contributed by atoms with Crippen LogP contribution in [0, 0.1) is 0 Å². The number of nitrogen functional groups attached to an aromatic ring is 1. The van der Waals surface area contributed by atoms with Crippen molar-refractivity contribution in [3.63, 3.8) is 0 Å². The number of anilines is 3. The molecule has 0 saturated carbocycles. The quantitative estimate of drug-likeness (QED) is 0.773. The van der Waals surface area contributed by atoms with Crippen LogP contribution in [0.5, 0.6) is 0 Å². The summed E-state index contributed by atoms with van der Waals surface area (Å²) in [6, 6.07) is 7.43. The largest absolute Gasteiger partial charge is 0.369 e. The molecular formula is C16H20ClN7O. The Kier molecular flexibility index (Phi) is 5.49. The summed E-state index contributed by atoms with van der Waals surface area (Å²) in [7, 11) is 0. The van der Waals surface area contributed by atoms with Crippen LogP contribution in [-0.2, 0) is 4.79 Å². The second kappa shape index (κ2) is 7.98. The van der Waals surface area contributed by atoms with E-state index >= 15 is 0 Å². The average molecular weight is 362 g/mol. The predicted molar refractivity (Wildman–Crippen MR) is 97.6 cm³/mol. The molecule has 1 aliphatic heterocycles. The molecule has 2 aromatic heterocycles. The van der Waals surface area contributed by atoms with Gasteiger partial charge in [0.1, 0.15) is 16.8 Å². The first-order valence-electron chi connectivity index (χ1n) is 8.09. The van der Waals surface area contributed by atoms with E-state index in [1.807, 2.05) is 23.1 Å². The van der Waals surface area contributed by atoms with Gasteiger partial charge in [-0.15, -0.1) is 0 Å². The van der Waals surface area contributed by atoms with Gasteiger partial charge < -0.3 is 20.9 Å². The summed E-state index contributed by atoms with van der Waals surface area (Å²) >= 11 is 5.82. The lowest BCUT2D eigenvalue weighted by Gasteiger charge is -2.35. The van der Waals surface area contributed by atoms with E-state index in [-0.39, 0.29) is 17.0 Å². The number of nitrogens with one attached hydrogen (secondary N) is 1. The highest BCUT2D eigenvalue weighted by molar-refractivity contribution is 6.29. The monoisotopic (exact) mass is 361 g/mol. The first kappa shape index (κ1) is 17.2. The number of nitrogens with zero attached hydrogens (tertiary/aromatic N) is 5. The number of hydrogen-bond acceptors (Lipinski definition) is 7. The molecule has 2 aromatic rings. The number of halogens is 1. The van der Waals surface area contributed by atoms with Gasteiger partial charge in [0.15, 0.2) is 0 Å². The molecule has 0 spiro atoms. The van der Waals surface area contributed by atoms with Gasteiger partial charge in [-0.25, -0.2) is 9.97 Å². The number of carbonyl (C=O) groups is 1. The summed E-state index contributed by atoms with van der Waals surface area (Å²) in [6.07, 6.45) is 2.16. The van der Waals surface area contributed by atoms with Gasteiger partial charge in [0.2, 0.25) is 11.9 Å². The molecule has 0 aromatic carbocycles. The third-order valence-electron chi connectivity index (χ3n) is 3.96. The maximum absolute atomic E-state index is 12.3. The van der Waals surface area contributed by atoms with Gasteiger partial charge >= 0.3 is 0 Å². The lowest BCUT2D eigenvalue weighted by atomic mass is 10.2. The third kappa shape index (κ3) is 4.69. The lowest BCUT2D eigenvalue weighted by Crippen LogP contribution is -2.49. The molecule has 0 radical (unpaired) electrons. The number of amides is 1. The highest BCUT2D eigenvalue weighted by Gasteiger charge is 2.21. The van der Waals surface area contributed by atoms with E-state index < -0.39 is 0 Å². The molecule has 9 heteroatoms. The van der Waals surface area contributed by atoms with Gasteiger partial charge in [0, 0.05) is 51.4 Å². The molecular weight excluding hydrogens is 342 g/mol. The van der Waals surface area contributed by atoms with Crippen LogP contribution in [0.15, 0.2) is 30.5 Å². The van der Waals surface area contributed by atoms with E-state index in [1.54, 1.807) is 12.3 Å². The molecule has 132 valence electrons. The van der Waals surface area contributed by atoms with Crippen molar-refractivity contribution in [3.05, 3.63) is 35.6 Å². The fourth-order valence-electron chi connectivity index (χ4n) is 2.71. The smallest absolute Gasteiger partial charge is 0.224 e. The van der Waals surface area contributed by atoms with E-state index in [4.69, 9.17) is 17.3 Å². The van der Waals surface area contributed by atoms with Gasteiger partial charge in [-0.1, -0.05) is 17.7 Å². The van der Waals surface area contributed by atoms with Crippen LogP contribution < -0.4 is 16.0 Å². The topological polar surface area (TPSA) is 100 Å². The highest BCUT2D eigenvalue weighted by atomic mass is 35.5. The molecule has 3 rings (SSSR count). The minimum atomic E-state index is 0.104. The van der Waals surface area contributed by atoms with E-state index in [0.29, 0.717) is 31.9 Å². The maximum atomic E-state index is 12.3. The van der Waals surface area contributed by atoms with E-state index in [1.165, 1.54) is 0 Å². The summed E-state index contributed by atoms with van der Waals surface area (Å²) in [4.78, 5) is 28.6. The Morgan fingerprint density at radius 3 is 2.72 bits per heavy atom. The average Bonchev–Trinajstić information content (AvgIpc) is 2.62. The first-order valence-corrected chi connectivity index (χ1v) is 8.47. The fraction of sp³-hybridized carbons (Fsp3) is 0.375. The van der Waals surface area contributed by atoms with Gasteiger partial charge in [-0.2, -0.15) is 4.98 Å². The van der Waals surface area contributed by atoms with Crippen molar-refractivity contribution in [1.82, 2.24) is 19.9 Å². The fourth-order valence-corrected chi connectivity index (χ4v) is 2.90. The number of piperazine rings is 1. The number of rotatable bonds is 5. The maximum Gasteiger partial charge on any atom is 0.224 e. The van der Waals surface area contributed by atoms with Crippen LogP contribution in [0.4, 0.5) is 17.6 Å². The molecule has 1 aliphatic rings. The molecule has 3 heterocycles. The molecule has 1 fully saturated rings. The molecule has 0 atom stereocenters. The van der Waals surface area contributed by atoms with Crippen LogP contribution in [0.1, 0.15) is 6.42 Å².